The van der Waals surface area contributed by atoms with Gasteiger partial charge in [-0.3, -0.25) is 9.59 Å². The zero-order valence-electron chi connectivity index (χ0n) is 14.8. The van der Waals surface area contributed by atoms with Gasteiger partial charge in [-0.15, -0.1) is 10.2 Å². The number of rotatable bonds is 7. The standard InChI is InChI=1S/C19H19N5O3/c1-24-13-21-23-19(24)14-6-5-7-15(10-14)22-17(25)11-20-18(26)12-27-16-8-3-2-4-9-16/h2-10,13H,11-12H2,1H3,(H,20,26)(H,22,25). The Bertz CT molecular complexity index is 924. The molecule has 0 unspecified atom stereocenters. The van der Waals surface area contributed by atoms with Crippen molar-refractivity contribution >= 4 is 17.5 Å². The number of nitrogens with zero attached hydrogens (tertiary/aromatic N) is 3. The van der Waals surface area contributed by atoms with Gasteiger partial charge in [0.25, 0.3) is 5.91 Å². The number of aromatic nitrogens is 3. The van der Waals surface area contributed by atoms with Crippen LogP contribution in [0.25, 0.3) is 11.4 Å². The van der Waals surface area contributed by atoms with E-state index in [2.05, 4.69) is 20.8 Å². The van der Waals surface area contributed by atoms with Gasteiger partial charge < -0.3 is 19.9 Å². The lowest BCUT2D eigenvalue weighted by Crippen LogP contribution is -2.35. The fourth-order valence-corrected chi connectivity index (χ4v) is 2.38. The van der Waals surface area contributed by atoms with Crippen LogP contribution in [0.3, 0.4) is 0 Å². The number of carbonyl (C=O) groups excluding carboxylic acids is 2. The van der Waals surface area contributed by atoms with Crippen molar-refractivity contribution in [2.75, 3.05) is 18.5 Å². The van der Waals surface area contributed by atoms with Crippen molar-refractivity contribution in [3.63, 3.8) is 0 Å². The molecular weight excluding hydrogens is 346 g/mol. The first-order chi connectivity index (χ1) is 13.1. The number of nitrogens with one attached hydrogen (secondary N) is 2. The molecule has 3 rings (SSSR count). The second-order valence-electron chi connectivity index (χ2n) is 5.77. The van der Waals surface area contributed by atoms with E-state index in [0.29, 0.717) is 17.3 Å². The Labute approximate surface area is 156 Å². The first-order valence-corrected chi connectivity index (χ1v) is 8.30. The van der Waals surface area contributed by atoms with Crippen LogP contribution in [-0.4, -0.2) is 39.7 Å². The average Bonchev–Trinajstić information content (AvgIpc) is 3.12. The highest BCUT2D eigenvalue weighted by Gasteiger charge is 2.09. The number of benzene rings is 2. The summed E-state index contributed by atoms with van der Waals surface area (Å²) < 4.78 is 7.11. The lowest BCUT2D eigenvalue weighted by molar-refractivity contribution is -0.125. The maximum absolute atomic E-state index is 12.1. The van der Waals surface area contributed by atoms with Gasteiger partial charge in [0.2, 0.25) is 5.91 Å². The van der Waals surface area contributed by atoms with E-state index in [1.54, 1.807) is 35.2 Å². The van der Waals surface area contributed by atoms with E-state index in [9.17, 15) is 9.59 Å². The molecule has 0 fully saturated rings. The van der Waals surface area contributed by atoms with Crippen molar-refractivity contribution in [3.8, 4) is 17.1 Å². The van der Waals surface area contributed by atoms with E-state index in [4.69, 9.17) is 4.74 Å². The van der Waals surface area contributed by atoms with Crippen LogP contribution >= 0.6 is 0 Å². The van der Waals surface area contributed by atoms with Crippen LogP contribution < -0.4 is 15.4 Å². The second kappa shape index (κ2) is 8.61. The molecule has 2 N–H and O–H groups in total. The van der Waals surface area contributed by atoms with Crippen molar-refractivity contribution in [3.05, 3.63) is 60.9 Å². The van der Waals surface area contributed by atoms with Crippen LogP contribution in [0.15, 0.2) is 60.9 Å². The summed E-state index contributed by atoms with van der Waals surface area (Å²) in [6.45, 7) is -0.301. The molecule has 2 aromatic carbocycles. The molecule has 138 valence electrons. The number of carbonyl (C=O) groups is 2. The predicted octanol–water partition coefficient (Wildman–Crippen LogP) is 1.62. The Balaban J connectivity index is 1.48. The summed E-state index contributed by atoms with van der Waals surface area (Å²) in [5.74, 6) is 0.579. The molecule has 0 aliphatic heterocycles. The summed E-state index contributed by atoms with van der Waals surface area (Å²) in [7, 11) is 1.84. The normalized spacial score (nSPS) is 10.3. The number of aryl methyl sites for hydroxylation is 1. The summed E-state index contributed by atoms with van der Waals surface area (Å²) in [6.07, 6.45) is 1.60. The molecule has 3 aromatic rings. The maximum Gasteiger partial charge on any atom is 0.258 e. The van der Waals surface area contributed by atoms with Gasteiger partial charge in [-0.1, -0.05) is 30.3 Å². The molecule has 0 bridgehead atoms. The van der Waals surface area contributed by atoms with E-state index in [0.717, 1.165) is 5.56 Å². The van der Waals surface area contributed by atoms with Crippen LogP contribution in [0, 0.1) is 0 Å². The Hall–Kier alpha value is -3.68. The Morgan fingerprint density at radius 3 is 2.63 bits per heavy atom. The van der Waals surface area contributed by atoms with Crippen molar-refractivity contribution in [1.82, 2.24) is 20.1 Å². The van der Waals surface area contributed by atoms with Crippen LogP contribution in [0.2, 0.25) is 0 Å². The van der Waals surface area contributed by atoms with Gasteiger partial charge in [0.1, 0.15) is 12.1 Å². The molecule has 0 atom stereocenters. The third kappa shape index (κ3) is 5.15. The zero-order valence-corrected chi connectivity index (χ0v) is 14.8. The van der Waals surface area contributed by atoms with Gasteiger partial charge >= 0.3 is 0 Å². The molecule has 0 spiro atoms. The van der Waals surface area contributed by atoms with Gasteiger partial charge in [0.05, 0.1) is 6.54 Å². The average molecular weight is 365 g/mol. The number of amides is 2. The van der Waals surface area contributed by atoms with E-state index in [1.165, 1.54) is 0 Å². The molecule has 0 radical (unpaired) electrons. The van der Waals surface area contributed by atoms with Crippen LogP contribution in [0.5, 0.6) is 5.75 Å². The Morgan fingerprint density at radius 1 is 1.07 bits per heavy atom. The van der Waals surface area contributed by atoms with Gasteiger partial charge in [-0.25, -0.2) is 0 Å². The third-order valence-corrected chi connectivity index (χ3v) is 3.68. The molecule has 0 aliphatic carbocycles. The van der Waals surface area contributed by atoms with E-state index < -0.39 is 0 Å². The molecule has 27 heavy (non-hydrogen) atoms. The van der Waals surface area contributed by atoms with Crippen LogP contribution in [0.1, 0.15) is 0 Å². The number of hydrogen-bond acceptors (Lipinski definition) is 5. The number of ether oxygens (including phenoxy) is 1. The molecule has 2 amide bonds. The van der Waals surface area contributed by atoms with Crippen molar-refractivity contribution < 1.29 is 14.3 Å². The summed E-state index contributed by atoms with van der Waals surface area (Å²) in [5.41, 5.74) is 1.43. The minimum Gasteiger partial charge on any atom is -0.484 e. The lowest BCUT2D eigenvalue weighted by Gasteiger charge is -2.09. The van der Waals surface area contributed by atoms with Gasteiger partial charge in [-0.05, 0) is 24.3 Å². The van der Waals surface area contributed by atoms with Crippen molar-refractivity contribution in [2.24, 2.45) is 7.05 Å². The summed E-state index contributed by atoms with van der Waals surface area (Å²) >= 11 is 0. The van der Waals surface area contributed by atoms with Crippen molar-refractivity contribution in [1.29, 1.82) is 0 Å². The molecule has 8 heteroatoms. The first kappa shape index (κ1) is 18.1. The number of hydrogen-bond donors (Lipinski definition) is 2. The predicted molar refractivity (Wildman–Crippen MR) is 100 cm³/mol. The number of para-hydroxylation sites is 1. The molecule has 8 nitrogen and oxygen atoms in total. The van der Waals surface area contributed by atoms with Gasteiger partial charge in [0, 0.05) is 18.3 Å². The van der Waals surface area contributed by atoms with Crippen molar-refractivity contribution in [2.45, 2.75) is 0 Å². The Kier molecular flexibility index (Phi) is 5.78. The van der Waals surface area contributed by atoms with E-state index >= 15 is 0 Å². The minimum absolute atomic E-state index is 0.148. The summed E-state index contributed by atoms with van der Waals surface area (Å²) in [4.78, 5) is 23.8. The topological polar surface area (TPSA) is 98.1 Å². The number of anilines is 1. The second-order valence-corrected chi connectivity index (χ2v) is 5.77. The first-order valence-electron chi connectivity index (χ1n) is 8.30. The van der Waals surface area contributed by atoms with Crippen LogP contribution in [-0.2, 0) is 16.6 Å². The van der Waals surface area contributed by atoms with Gasteiger partial charge in [0.15, 0.2) is 12.4 Å². The fraction of sp³-hybridized carbons (Fsp3) is 0.158. The summed E-state index contributed by atoms with van der Waals surface area (Å²) in [6, 6.07) is 16.2. The fourth-order valence-electron chi connectivity index (χ4n) is 2.38. The molecule has 0 saturated heterocycles. The minimum atomic E-state index is -0.373. The monoisotopic (exact) mass is 365 g/mol. The highest BCUT2D eigenvalue weighted by molar-refractivity contribution is 5.95. The molecular formula is C19H19N5O3. The van der Waals surface area contributed by atoms with Gasteiger partial charge in [-0.2, -0.15) is 0 Å². The SMILES string of the molecule is Cn1cnnc1-c1cccc(NC(=O)CNC(=O)COc2ccccc2)c1. The lowest BCUT2D eigenvalue weighted by atomic mass is 10.2. The molecule has 0 aliphatic rings. The highest BCUT2D eigenvalue weighted by Crippen LogP contribution is 2.19. The molecule has 1 heterocycles. The zero-order chi connectivity index (χ0) is 19.1. The highest BCUT2D eigenvalue weighted by atomic mass is 16.5. The van der Waals surface area contributed by atoms with E-state index in [1.807, 2.05) is 37.4 Å². The summed E-state index contributed by atoms with van der Waals surface area (Å²) in [5, 5.41) is 13.1. The molecule has 1 aromatic heterocycles. The molecule has 0 saturated carbocycles. The van der Waals surface area contributed by atoms with E-state index in [-0.39, 0.29) is 25.0 Å². The quantitative estimate of drug-likeness (QED) is 0.663. The smallest absolute Gasteiger partial charge is 0.258 e. The maximum atomic E-state index is 12.1. The van der Waals surface area contributed by atoms with Crippen LogP contribution in [0.4, 0.5) is 5.69 Å². The largest absolute Gasteiger partial charge is 0.484 e. The third-order valence-electron chi connectivity index (χ3n) is 3.68. The Morgan fingerprint density at radius 2 is 1.89 bits per heavy atom.